The minimum Gasteiger partial charge on any atom is -0.326 e. The first-order chi connectivity index (χ1) is 8.63. The van der Waals surface area contributed by atoms with Crippen LogP contribution < -0.4 is 10.5 Å². The number of rotatable bonds is 4. The Labute approximate surface area is 107 Å². The van der Waals surface area contributed by atoms with Gasteiger partial charge in [-0.1, -0.05) is 36.4 Å². The molecule has 0 spiro atoms. The molecule has 0 aliphatic rings. The van der Waals surface area contributed by atoms with E-state index in [9.17, 15) is 8.42 Å². The molecule has 0 saturated carbocycles. The van der Waals surface area contributed by atoms with Crippen LogP contribution in [0.15, 0.2) is 59.5 Å². The van der Waals surface area contributed by atoms with Gasteiger partial charge < -0.3 is 5.73 Å². The summed E-state index contributed by atoms with van der Waals surface area (Å²) in [6.07, 6.45) is 0. The van der Waals surface area contributed by atoms with E-state index in [2.05, 4.69) is 4.72 Å². The van der Waals surface area contributed by atoms with Crippen LogP contribution in [0.1, 0.15) is 5.56 Å². The van der Waals surface area contributed by atoms with Crippen molar-refractivity contribution in [2.24, 2.45) is 5.73 Å². The van der Waals surface area contributed by atoms with Gasteiger partial charge in [0.2, 0.25) is 0 Å². The van der Waals surface area contributed by atoms with Crippen LogP contribution in [0.4, 0.5) is 5.69 Å². The third kappa shape index (κ3) is 2.69. The molecule has 5 heteroatoms. The number of nitrogens with two attached hydrogens (primary N) is 1. The Morgan fingerprint density at radius 1 is 0.944 bits per heavy atom. The first kappa shape index (κ1) is 12.6. The van der Waals surface area contributed by atoms with Gasteiger partial charge in [-0.05, 0) is 23.8 Å². The van der Waals surface area contributed by atoms with E-state index in [0.29, 0.717) is 11.3 Å². The minimum atomic E-state index is -3.59. The van der Waals surface area contributed by atoms with Crippen molar-refractivity contribution >= 4 is 15.7 Å². The van der Waals surface area contributed by atoms with Crippen LogP contribution in [0.2, 0.25) is 0 Å². The molecule has 0 saturated heterocycles. The number of benzene rings is 2. The fraction of sp³-hybridized carbons (Fsp3) is 0.0769. The molecule has 0 aliphatic carbocycles. The van der Waals surface area contributed by atoms with Crippen LogP contribution in [-0.4, -0.2) is 8.42 Å². The lowest BCUT2D eigenvalue weighted by Crippen LogP contribution is -2.16. The number of para-hydroxylation sites is 1. The molecule has 0 fully saturated rings. The van der Waals surface area contributed by atoms with Crippen LogP contribution in [0.3, 0.4) is 0 Å². The number of sulfonamides is 1. The van der Waals surface area contributed by atoms with Crippen molar-refractivity contribution in [1.82, 2.24) is 0 Å². The lowest BCUT2D eigenvalue weighted by atomic mass is 10.2. The Morgan fingerprint density at radius 2 is 1.56 bits per heavy atom. The van der Waals surface area contributed by atoms with Gasteiger partial charge >= 0.3 is 0 Å². The molecule has 0 amide bonds. The van der Waals surface area contributed by atoms with E-state index in [1.54, 1.807) is 48.5 Å². The van der Waals surface area contributed by atoms with Gasteiger partial charge in [-0.15, -0.1) is 0 Å². The maximum atomic E-state index is 12.2. The summed E-state index contributed by atoms with van der Waals surface area (Å²) in [6, 6.07) is 15.5. The van der Waals surface area contributed by atoms with E-state index in [4.69, 9.17) is 5.73 Å². The normalized spacial score (nSPS) is 11.2. The highest BCUT2D eigenvalue weighted by Gasteiger charge is 2.17. The van der Waals surface area contributed by atoms with Crippen molar-refractivity contribution < 1.29 is 8.42 Å². The predicted octanol–water partition coefficient (Wildman–Crippen LogP) is 1.95. The van der Waals surface area contributed by atoms with Crippen LogP contribution in [0, 0.1) is 0 Å². The van der Waals surface area contributed by atoms with E-state index in [1.165, 1.54) is 0 Å². The zero-order valence-corrected chi connectivity index (χ0v) is 10.5. The van der Waals surface area contributed by atoms with Gasteiger partial charge in [0.05, 0.1) is 4.90 Å². The zero-order chi connectivity index (χ0) is 13.0. The number of hydrogen-bond acceptors (Lipinski definition) is 3. The SMILES string of the molecule is NCc1ccccc1S(=O)(=O)Nc1ccccc1. The van der Waals surface area contributed by atoms with E-state index < -0.39 is 10.0 Å². The molecule has 0 aromatic heterocycles. The van der Waals surface area contributed by atoms with Gasteiger partial charge in [-0.25, -0.2) is 8.42 Å². The van der Waals surface area contributed by atoms with Crippen LogP contribution in [-0.2, 0) is 16.6 Å². The average molecular weight is 262 g/mol. The molecule has 0 unspecified atom stereocenters. The van der Waals surface area contributed by atoms with Gasteiger partial charge in [-0.2, -0.15) is 0 Å². The molecule has 2 aromatic carbocycles. The molecule has 2 aromatic rings. The molecule has 0 heterocycles. The summed E-state index contributed by atoms with van der Waals surface area (Å²) in [5.74, 6) is 0. The Hall–Kier alpha value is -1.85. The molecule has 2 rings (SSSR count). The van der Waals surface area contributed by atoms with E-state index in [1.807, 2.05) is 6.07 Å². The smallest absolute Gasteiger partial charge is 0.262 e. The van der Waals surface area contributed by atoms with Crippen molar-refractivity contribution in [1.29, 1.82) is 0 Å². The summed E-state index contributed by atoms with van der Waals surface area (Å²) in [4.78, 5) is 0.219. The Kier molecular flexibility index (Phi) is 3.64. The van der Waals surface area contributed by atoms with Crippen molar-refractivity contribution in [2.75, 3.05) is 4.72 Å². The summed E-state index contributed by atoms with van der Waals surface area (Å²) in [5.41, 5.74) is 6.68. The van der Waals surface area contributed by atoms with Crippen molar-refractivity contribution in [2.45, 2.75) is 11.4 Å². The number of hydrogen-bond donors (Lipinski definition) is 2. The summed E-state index contributed by atoms with van der Waals surface area (Å²) < 4.78 is 27.0. The minimum absolute atomic E-state index is 0.186. The molecule has 18 heavy (non-hydrogen) atoms. The van der Waals surface area contributed by atoms with Crippen LogP contribution in [0.5, 0.6) is 0 Å². The highest BCUT2D eigenvalue weighted by Crippen LogP contribution is 2.18. The van der Waals surface area contributed by atoms with E-state index >= 15 is 0 Å². The van der Waals surface area contributed by atoms with Gasteiger partial charge in [0.15, 0.2) is 0 Å². The van der Waals surface area contributed by atoms with Crippen molar-refractivity contribution in [3.63, 3.8) is 0 Å². The largest absolute Gasteiger partial charge is 0.326 e. The van der Waals surface area contributed by atoms with Crippen molar-refractivity contribution in [3.05, 3.63) is 60.2 Å². The molecule has 4 nitrogen and oxygen atoms in total. The lowest BCUT2D eigenvalue weighted by Gasteiger charge is -2.11. The van der Waals surface area contributed by atoms with Gasteiger partial charge in [0.25, 0.3) is 10.0 Å². The maximum absolute atomic E-state index is 12.2. The Morgan fingerprint density at radius 3 is 2.22 bits per heavy atom. The van der Waals surface area contributed by atoms with Crippen molar-refractivity contribution in [3.8, 4) is 0 Å². The molecular weight excluding hydrogens is 248 g/mol. The van der Waals surface area contributed by atoms with E-state index in [0.717, 1.165) is 0 Å². The quantitative estimate of drug-likeness (QED) is 0.884. The Balaban J connectivity index is 2.37. The van der Waals surface area contributed by atoms with Gasteiger partial charge in [0.1, 0.15) is 0 Å². The predicted molar refractivity (Wildman–Crippen MR) is 71.6 cm³/mol. The lowest BCUT2D eigenvalue weighted by molar-refractivity contribution is 0.600. The fourth-order valence-corrected chi connectivity index (χ4v) is 2.96. The zero-order valence-electron chi connectivity index (χ0n) is 9.71. The molecule has 0 bridgehead atoms. The summed E-state index contributed by atoms with van der Waals surface area (Å²) in [7, 11) is -3.59. The Bertz CT molecular complexity index is 624. The second-order valence-corrected chi connectivity index (χ2v) is 5.43. The molecule has 3 N–H and O–H groups in total. The topological polar surface area (TPSA) is 72.2 Å². The third-order valence-electron chi connectivity index (χ3n) is 2.51. The highest BCUT2D eigenvalue weighted by molar-refractivity contribution is 7.92. The first-order valence-electron chi connectivity index (χ1n) is 5.49. The standard InChI is InChI=1S/C13H14N2O2S/c14-10-11-6-4-5-9-13(11)18(16,17)15-12-7-2-1-3-8-12/h1-9,15H,10,14H2. The average Bonchev–Trinajstić information content (AvgIpc) is 2.39. The summed E-state index contributed by atoms with van der Waals surface area (Å²) >= 11 is 0. The first-order valence-corrected chi connectivity index (χ1v) is 6.97. The summed E-state index contributed by atoms with van der Waals surface area (Å²) in [6.45, 7) is 0.186. The summed E-state index contributed by atoms with van der Waals surface area (Å²) in [5, 5.41) is 0. The maximum Gasteiger partial charge on any atom is 0.262 e. The number of anilines is 1. The molecule has 94 valence electrons. The highest BCUT2D eigenvalue weighted by atomic mass is 32.2. The second-order valence-electron chi connectivity index (χ2n) is 3.78. The monoisotopic (exact) mass is 262 g/mol. The second kappa shape index (κ2) is 5.20. The third-order valence-corrected chi connectivity index (χ3v) is 3.99. The number of nitrogens with one attached hydrogen (secondary N) is 1. The molecular formula is C13H14N2O2S. The van der Waals surface area contributed by atoms with E-state index in [-0.39, 0.29) is 11.4 Å². The van der Waals surface area contributed by atoms with Crippen LogP contribution in [0.25, 0.3) is 0 Å². The van der Waals surface area contributed by atoms with Gasteiger partial charge in [-0.3, -0.25) is 4.72 Å². The van der Waals surface area contributed by atoms with Gasteiger partial charge in [0, 0.05) is 12.2 Å². The fourth-order valence-electron chi connectivity index (χ4n) is 1.65. The molecule has 0 aliphatic heterocycles. The molecule has 0 atom stereocenters. The molecule has 0 radical (unpaired) electrons. The van der Waals surface area contributed by atoms with Crippen LogP contribution >= 0.6 is 0 Å².